The lowest BCUT2D eigenvalue weighted by Crippen LogP contribution is -2.45. The number of nitrogens with one attached hydrogen (secondary N) is 1. The molecule has 0 aliphatic heterocycles. The summed E-state index contributed by atoms with van der Waals surface area (Å²) in [7, 11) is 0. The van der Waals surface area contributed by atoms with Crippen LogP contribution in [-0.2, 0) is 0 Å². The van der Waals surface area contributed by atoms with Crippen LogP contribution in [0.2, 0.25) is 0 Å². The Bertz CT molecular complexity index is 453. The van der Waals surface area contributed by atoms with Crippen LogP contribution in [0.4, 0.5) is 0 Å². The zero-order chi connectivity index (χ0) is 14.9. The molecule has 2 rings (SSSR count). The number of pyridine rings is 1. The Balaban J connectivity index is 2.18. The maximum absolute atomic E-state index is 4.64. The van der Waals surface area contributed by atoms with E-state index >= 15 is 0 Å². The fourth-order valence-electron chi connectivity index (χ4n) is 3.88. The number of hydrogen-bond donors (Lipinski definition) is 1. The van der Waals surface area contributed by atoms with E-state index < -0.39 is 0 Å². The quantitative estimate of drug-likeness (QED) is 0.869. The topological polar surface area (TPSA) is 24.9 Å². The molecule has 2 atom stereocenters. The van der Waals surface area contributed by atoms with Gasteiger partial charge in [0.1, 0.15) is 0 Å². The van der Waals surface area contributed by atoms with Crippen LogP contribution < -0.4 is 5.32 Å². The molecule has 1 aromatic heterocycles. The highest BCUT2D eigenvalue weighted by atomic mass is 15.0. The van der Waals surface area contributed by atoms with Crippen molar-refractivity contribution >= 4 is 0 Å². The van der Waals surface area contributed by atoms with Gasteiger partial charge in [0.15, 0.2) is 0 Å². The molecule has 0 bridgehead atoms. The molecule has 1 aromatic rings. The maximum Gasteiger partial charge on any atom is 0.0426 e. The second kappa shape index (κ2) is 5.85. The minimum Gasteiger partial charge on any atom is -0.307 e. The van der Waals surface area contributed by atoms with Crippen LogP contribution in [0.3, 0.4) is 0 Å². The van der Waals surface area contributed by atoms with E-state index in [4.69, 9.17) is 0 Å². The van der Waals surface area contributed by atoms with Gasteiger partial charge in [-0.1, -0.05) is 26.7 Å². The van der Waals surface area contributed by atoms with E-state index in [1.165, 1.54) is 42.5 Å². The molecule has 112 valence electrons. The van der Waals surface area contributed by atoms with Gasteiger partial charge >= 0.3 is 0 Å². The molecule has 0 aromatic carbocycles. The summed E-state index contributed by atoms with van der Waals surface area (Å²) in [5.74, 6) is 0. The summed E-state index contributed by atoms with van der Waals surface area (Å²) in [6.45, 7) is 13.5. The van der Waals surface area contributed by atoms with Crippen molar-refractivity contribution in [3.05, 3.63) is 28.6 Å². The first kappa shape index (κ1) is 15.5. The molecule has 1 N–H and O–H groups in total. The molecule has 2 heteroatoms. The summed E-state index contributed by atoms with van der Waals surface area (Å²) < 4.78 is 0. The van der Waals surface area contributed by atoms with Gasteiger partial charge in [-0.2, -0.15) is 0 Å². The van der Waals surface area contributed by atoms with Crippen molar-refractivity contribution in [2.24, 2.45) is 5.41 Å². The van der Waals surface area contributed by atoms with Gasteiger partial charge in [-0.05, 0) is 63.1 Å². The van der Waals surface area contributed by atoms with E-state index in [1.807, 2.05) is 0 Å². The minimum atomic E-state index is 0.380. The second-order valence-corrected chi connectivity index (χ2v) is 7.25. The van der Waals surface area contributed by atoms with Gasteiger partial charge in [0, 0.05) is 23.5 Å². The number of rotatable bonds is 3. The van der Waals surface area contributed by atoms with Crippen LogP contribution in [0, 0.1) is 26.2 Å². The van der Waals surface area contributed by atoms with Crippen molar-refractivity contribution in [2.45, 2.75) is 79.3 Å². The first-order valence-corrected chi connectivity index (χ1v) is 8.02. The molecule has 0 spiro atoms. The highest BCUT2D eigenvalue weighted by Gasteiger charge is 2.33. The molecular formula is C18H30N2. The van der Waals surface area contributed by atoms with Gasteiger partial charge in [0.2, 0.25) is 0 Å². The zero-order valence-corrected chi connectivity index (χ0v) is 14.0. The molecular weight excluding hydrogens is 244 g/mol. The van der Waals surface area contributed by atoms with E-state index in [-0.39, 0.29) is 0 Å². The lowest BCUT2D eigenvalue weighted by atomic mass is 9.73. The summed E-state index contributed by atoms with van der Waals surface area (Å²) >= 11 is 0. The van der Waals surface area contributed by atoms with E-state index in [1.54, 1.807) is 0 Å². The highest BCUT2D eigenvalue weighted by Crippen LogP contribution is 2.37. The van der Waals surface area contributed by atoms with Crippen LogP contribution in [0.25, 0.3) is 0 Å². The largest absolute Gasteiger partial charge is 0.307 e. The third-order valence-corrected chi connectivity index (χ3v) is 4.98. The Morgan fingerprint density at radius 2 is 1.95 bits per heavy atom. The number of nitrogens with zero attached hydrogens (tertiary/aromatic N) is 1. The lowest BCUT2D eigenvalue weighted by molar-refractivity contribution is 0.157. The van der Waals surface area contributed by atoms with Crippen LogP contribution in [0.1, 0.15) is 75.0 Å². The predicted octanol–water partition coefficient (Wildman–Crippen LogP) is 4.63. The summed E-state index contributed by atoms with van der Waals surface area (Å²) in [5.41, 5.74) is 5.46. The summed E-state index contributed by atoms with van der Waals surface area (Å²) in [6.07, 6.45) is 5.37. The van der Waals surface area contributed by atoms with Crippen molar-refractivity contribution in [1.29, 1.82) is 0 Å². The third-order valence-electron chi connectivity index (χ3n) is 4.98. The van der Waals surface area contributed by atoms with Gasteiger partial charge in [0.25, 0.3) is 0 Å². The molecule has 2 unspecified atom stereocenters. The van der Waals surface area contributed by atoms with Gasteiger partial charge in [0.05, 0.1) is 0 Å². The zero-order valence-electron chi connectivity index (χ0n) is 14.0. The van der Waals surface area contributed by atoms with E-state index in [0.29, 0.717) is 17.5 Å². The van der Waals surface area contributed by atoms with Crippen LogP contribution in [0.5, 0.6) is 0 Å². The number of aryl methyl sites for hydroxylation is 3. The molecule has 1 heterocycles. The van der Waals surface area contributed by atoms with Crippen molar-refractivity contribution < 1.29 is 0 Å². The number of hydrogen-bond acceptors (Lipinski definition) is 2. The minimum absolute atomic E-state index is 0.380. The third kappa shape index (κ3) is 3.22. The molecule has 0 radical (unpaired) electrons. The van der Waals surface area contributed by atoms with Gasteiger partial charge in [-0.25, -0.2) is 0 Å². The highest BCUT2D eigenvalue weighted by molar-refractivity contribution is 5.33. The second-order valence-electron chi connectivity index (χ2n) is 7.25. The predicted molar refractivity (Wildman–Crippen MR) is 86.0 cm³/mol. The average Bonchev–Trinajstić information content (AvgIpc) is 2.30. The van der Waals surface area contributed by atoms with E-state index in [2.05, 4.69) is 57.9 Å². The van der Waals surface area contributed by atoms with E-state index in [0.717, 1.165) is 5.69 Å². The molecule has 1 aliphatic rings. The van der Waals surface area contributed by atoms with Gasteiger partial charge in [-0.15, -0.1) is 0 Å². The smallest absolute Gasteiger partial charge is 0.0426 e. The Labute approximate surface area is 124 Å². The molecule has 1 saturated carbocycles. The molecule has 1 fully saturated rings. The summed E-state index contributed by atoms with van der Waals surface area (Å²) in [6, 6.07) is 3.20. The Hall–Kier alpha value is -0.890. The van der Waals surface area contributed by atoms with Crippen LogP contribution >= 0.6 is 0 Å². The molecule has 0 saturated heterocycles. The fourth-order valence-corrected chi connectivity index (χ4v) is 3.88. The molecule has 0 amide bonds. The Morgan fingerprint density at radius 3 is 2.55 bits per heavy atom. The Morgan fingerprint density at radius 1 is 1.25 bits per heavy atom. The molecule has 1 aliphatic carbocycles. The molecule has 2 nitrogen and oxygen atoms in total. The van der Waals surface area contributed by atoms with E-state index in [9.17, 15) is 0 Å². The van der Waals surface area contributed by atoms with Crippen molar-refractivity contribution in [3.8, 4) is 0 Å². The lowest BCUT2D eigenvalue weighted by Gasteiger charge is -2.41. The summed E-state index contributed by atoms with van der Waals surface area (Å²) in [4.78, 5) is 4.64. The SMILES string of the molecule is Cc1cc(C)c(C(C)NC2CCCCC2(C)C)c(C)n1. The fraction of sp³-hybridized carbons (Fsp3) is 0.722. The van der Waals surface area contributed by atoms with Crippen molar-refractivity contribution in [1.82, 2.24) is 10.3 Å². The van der Waals surface area contributed by atoms with Crippen LogP contribution in [-0.4, -0.2) is 11.0 Å². The van der Waals surface area contributed by atoms with Crippen LogP contribution in [0.15, 0.2) is 6.07 Å². The first-order chi connectivity index (χ1) is 9.31. The molecule has 20 heavy (non-hydrogen) atoms. The maximum atomic E-state index is 4.64. The van der Waals surface area contributed by atoms with Crippen molar-refractivity contribution in [2.75, 3.05) is 0 Å². The number of aromatic nitrogens is 1. The standard InChI is InChI=1S/C18H30N2/c1-12-11-13(2)19-14(3)17(12)15(4)20-16-9-7-8-10-18(16,5)6/h11,15-16,20H,7-10H2,1-6H3. The van der Waals surface area contributed by atoms with Gasteiger partial charge in [-0.3, -0.25) is 4.98 Å². The monoisotopic (exact) mass is 274 g/mol. The normalized spacial score (nSPS) is 23.6. The van der Waals surface area contributed by atoms with Gasteiger partial charge < -0.3 is 5.32 Å². The first-order valence-electron chi connectivity index (χ1n) is 8.02. The van der Waals surface area contributed by atoms with Crippen molar-refractivity contribution in [3.63, 3.8) is 0 Å². The summed E-state index contributed by atoms with van der Waals surface area (Å²) in [5, 5.41) is 3.89. The average molecular weight is 274 g/mol. The Kier molecular flexibility index (Phi) is 4.53.